The third-order valence-electron chi connectivity index (χ3n) is 1.82. The van der Waals surface area contributed by atoms with Crippen molar-refractivity contribution in [1.29, 1.82) is 0 Å². The van der Waals surface area contributed by atoms with Crippen LogP contribution >= 0.6 is 0 Å². The maximum absolute atomic E-state index is 11.1. The number of hydrogen-bond acceptors (Lipinski definition) is 1. The molecule has 0 aromatic carbocycles. The van der Waals surface area contributed by atoms with Gasteiger partial charge >= 0.3 is 0 Å². The van der Waals surface area contributed by atoms with Crippen LogP contribution in [0.4, 0.5) is 0 Å². The van der Waals surface area contributed by atoms with Crippen LogP contribution in [0.3, 0.4) is 0 Å². The Morgan fingerprint density at radius 2 is 2.27 bits per heavy atom. The molecule has 3 heteroatoms. The van der Waals surface area contributed by atoms with Crippen LogP contribution in [0.15, 0.2) is 29.3 Å². The summed E-state index contributed by atoms with van der Waals surface area (Å²) in [7, 11) is 1.92. The van der Waals surface area contributed by atoms with Gasteiger partial charge in [-0.15, -0.1) is 0 Å². The first kappa shape index (κ1) is 6.22. The Morgan fingerprint density at radius 3 is 3.00 bits per heavy atom. The number of aryl methyl sites for hydroxylation is 1. The van der Waals surface area contributed by atoms with Crippen molar-refractivity contribution in [1.82, 2.24) is 9.55 Å². The van der Waals surface area contributed by atoms with Crippen molar-refractivity contribution < 1.29 is 0 Å². The second-order valence-corrected chi connectivity index (χ2v) is 2.53. The minimum atomic E-state index is -0.0249. The van der Waals surface area contributed by atoms with E-state index in [1.165, 1.54) is 0 Å². The van der Waals surface area contributed by atoms with Crippen molar-refractivity contribution >= 4 is 10.9 Å². The number of pyridine rings is 1. The number of fused-ring (bicyclic) bond motifs is 1. The van der Waals surface area contributed by atoms with E-state index in [9.17, 15) is 4.79 Å². The summed E-state index contributed by atoms with van der Waals surface area (Å²) in [5.74, 6) is 0. The average molecular weight is 148 g/mol. The number of aromatic amines is 1. The SMILES string of the molecule is Cn1ccc2c(=O)[nH]ccc21. The molecule has 2 aromatic rings. The van der Waals surface area contributed by atoms with Crippen LogP contribution in [0.25, 0.3) is 10.9 Å². The van der Waals surface area contributed by atoms with Gasteiger partial charge in [-0.2, -0.15) is 0 Å². The van der Waals surface area contributed by atoms with Gasteiger partial charge in [0.05, 0.1) is 10.9 Å². The van der Waals surface area contributed by atoms with Gasteiger partial charge in [-0.3, -0.25) is 4.79 Å². The molecule has 0 saturated heterocycles. The predicted molar refractivity (Wildman–Crippen MR) is 43.5 cm³/mol. The largest absolute Gasteiger partial charge is 0.350 e. The summed E-state index contributed by atoms with van der Waals surface area (Å²) >= 11 is 0. The van der Waals surface area contributed by atoms with Gasteiger partial charge in [0.25, 0.3) is 5.56 Å². The third kappa shape index (κ3) is 0.774. The third-order valence-corrected chi connectivity index (χ3v) is 1.82. The van der Waals surface area contributed by atoms with E-state index >= 15 is 0 Å². The van der Waals surface area contributed by atoms with E-state index < -0.39 is 0 Å². The van der Waals surface area contributed by atoms with Crippen molar-refractivity contribution in [2.45, 2.75) is 0 Å². The molecule has 0 aliphatic rings. The highest BCUT2D eigenvalue weighted by Gasteiger charge is 1.98. The summed E-state index contributed by atoms with van der Waals surface area (Å²) < 4.78 is 1.92. The van der Waals surface area contributed by atoms with E-state index in [0.717, 1.165) is 10.9 Å². The molecule has 0 amide bonds. The Bertz CT molecular complexity index is 439. The fourth-order valence-corrected chi connectivity index (χ4v) is 1.22. The number of rotatable bonds is 0. The summed E-state index contributed by atoms with van der Waals surface area (Å²) in [5.41, 5.74) is 0.942. The molecule has 0 aliphatic heterocycles. The topological polar surface area (TPSA) is 37.8 Å². The highest BCUT2D eigenvalue weighted by molar-refractivity contribution is 5.78. The minimum absolute atomic E-state index is 0.0249. The summed E-state index contributed by atoms with van der Waals surface area (Å²) in [6.45, 7) is 0. The summed E-state index contributed by atoms with van der Waals surface area (Å²) in [6.07, 6.45) is 3.53. The molecule has 0 atom stereocenters. The molecule has 11 heavy (non-hydrogen) atoms. The van der Waals surface area contributed by atoms with E-state index in [1.807, 2.05) is 29.9 Å². The second kappa shape index (κ2) is 1.99. The molecule has 2 heterocycles. The molecular weight excluding hydrogens is 140 g/mol. The Kier molecular flexibility index (Phi) is 1.12. The highest BCUT2D eigenvalue weighted by atomic mass is 16.1. The lowest BCUT2D eigenvalue weighted by atomic mass is 10.3. The summed E-state index contributed by atoms with van der Waals surface area (Å²) in [4.78, 5) is 13.7. The first-order valence-electron chi connectivity index (χ1n) is 3.42. The van der Waals surface area contributed by atoms with Crippen LogP contribution in [0.2, 0.25) is 0 Å². The zero-order valence-corrected chi connectivity index (χ0v) is 6.16. The molecule has 56 valence electrons. The maximum atomic E-state index is 11.1. The molecule has 0 spiro atoms. The minimum Gasteiger partial charge on any atom is -0.350 e. The predicted octanol–water partition coefficient (Wildman–Crippen LogP) is 0.867. The van der Waals surface area contributed by atoms with Crippen molar-refractivity contribution in [3.8, 4) is 0 Å². The maximum Gasteiger partial charge on any atom is 0.257 e. The molecule has 0 fully saturated rings. The number of aromatic nitrogens is 2. The molecule has 0 aliphatic carbocycles. The second-order valence-electron chi connectivity index (χ2n) is 2.53. The molecule has 3 nitrogen and oxygen atoms in total. The fourth-order valence-electron chi connectivity index (χ4n) is 1.22. The molecule has 2 rings (SSSR count). The average Bonchev–Trinajstić information content (AvgIpc) is 2.35. The van der Waals surface area contributed by atoms with Gasteiger partial charge in [0.2, 0.25) is 0 Å². The standard InChI is InChI=1S/C8H8N2O/c1-10-5-3-6-7(10)2-4-9-8(6)11/h2-5H,1H3,(H,9,11). The molecule has 0 bridgehead atoms. The number of hydrogen-bond donors (Lipinski definition) is 1. The lowest BCUT2D eigenvalue weighted by Crippen LogP contribution is -2.03. The van der Waals surface area contributed by atoms with E-state index in [1.54, 1.807) is 6.20 Å². The number of nitrogens with zero attached hydrogens (tertiary/aromatic N) is 1. The zero-order chi connectivity index (χ0) is 7.84. The monoisotopic (exact) mass is 148 g/mol. The molecule has 0 saturated carbocycles. The fraction of sp³-hybridized carbons (Fsp3) is 0.125. The van der Waals surface area contributed by atoms with Crippen LogP contribution in [-0.4, -0.2) is 9.55 Å². The Hall–Kier alpha value is -1.51. The van der Waals surface area contributed by atoms with Gasteiger partial charge in [-0.25, -0.2) is 0 Å². The smallest absolute Gasteiger partial charge is 0.257 e. The lowest BCUT2D eigenvalue weighted by Gasteiger charge is -1.92. The number of nitrogens with one attached hydrogen (secondary N) is 1. The van der Waals surface area contributed by atoms with Crippen LogP contribution in [-0.2, 0) is 7.05 Å². The van der Waals surface area contributed by atoms with Gasteiger partial charge in [0.1, 0.15) is 0 Å². The van der Waals surface area contributed by atoms with Crippen molar-refractivity contribution in [3.05, 3.63) is 34.9 Å². The van der Waals surface area contributed by atoms with Crippen LogP contribution < -0.4 is 5.56 Å². The Morgan fingerprint density at radius 1 is 1.45 bits per heavy atom. The van der Waals surface area contributed by atoms with Crippen LogP contribution in [0.1, 0.15) is 0 Å². The highest BCUT2D eigenvalue weighted by Crippen LogP contribution is 2.07. The number of H-pyrrole nitrogens is 1. The summed E-state index contributed by atoms with van der Waals surface area (Å²) in [5, 5.41) is 0.745. The van der Waals surface area contributed by atoms with Gasteiger partial charge in [0.15, 0.2) is 0 Å². The molecule has 1 N–H and O–H groups in total. The van der Waals surface area contributed by atoms with E-state index in [4.69, 9.17) is 0 Å². The quantitative estimate of drug-likeness (QED) is 0.591. The summed E-state index contributed by atoms with van der Waals surface area (Å²) in [6, 6.07) is 3.70. The first-order valence-corrected chi connectivity index (χ1v) is 3.42. The van der Waals surface area contributed by atoms with Gasteiger partial charge in [-0.1, -0.05) is 0 Å². The zero-order valence-electron chi connectivity index (χ0n) is 6.16. The van der Waals surface area contributed by atoms with Gasteiger partial charge < -0.3 is 9.55 Å². The van der Waals surface area contributed by atoms with Crippen LogP contribution in [0, 0.1) is 0 Å². The lowest BCUT2D eigenvalue weighted by molar-refractivity contribution is 0.967. The van der Waals surface area contributed by atoms with E-state index in [-0.39, 0.29) is 5.56 Å². The van der Waals surface area contributed by atoms with Gasteiger partial charge in [-0.05, 0) is 12.1 Å². The molecule has 0 unspecified atom stereocenters. The Labute approximate surface area is 63.3 Å². The Balaban J connectivity index is 3.06. The van der Waals surface area contributed by atoms with Crippen molar-refractivity contribution in [3.63, 3.8) is 0 Å². The van der Waals surface area contributed by atoms with Crippen LogP contribution in [0.5, 0.6) is 0 Å². The first-order chi connectivity index (χ1) is 5.29. The molecule has 2 aromatic heterocycles. The van der Waals surface area contributed by atoms with E-state index in [0.29, 0.717) is 0 Å². The van der Waals surface area contributed by atoms with Crippen molar-refractivity contribution in [2.24, 2.45) is 7.05 Å². The normalized spacial score (nSPS) is 10.6. The van der Waals surface area contributed by atoms with Gasteiger partial charge in [0, 0.05) is 19.4 Å². The van der Waals surface area contributed by atoms with Crippen molar-refractivity contribution in [2.75, 3.05) is 0 Å². The molecular formula is C8H8N2O. The van der Waals surface area contributed by atoms with E-state index in [2.05, 4.69) is 4.98 Å². The molecule has 0 radical (unpaired) electrons.